The topological polar surface area (TPSA) is 93.2 Å². The summed E-state index contributed by atoms with van der Waals surface area (Å²) < 4.78 is 11.2. The van der Waals surface area contributed by atoms with Crippen LogP contribution in [-0.4, -0.2) is 70.9 Å². The van der Waals surface area contributed by atoms with E-state index in [-0.39, 0.29) is 61.1 Å². The van der Waals surface area contributed by atoms with Gasteiger partial charge in [-0.05, 0) is 0 Å². The van der Waals surface area contributed by atoms with Crippen molar-refractivity contribution in [2.45, 2.75) is 24.4 Å². The lowest BCUT2D eigenvalue weighted by atomic mass is 9.85. The van der Waals surface area contributed by atoms with Crippen LogP contribution in [0.5, 0.6) is 0 Å². The molecule has 0 saturated carbocycles. The molecule has 0 radical (unpaired) electrons. The molecule has 6 rings (SSSR count). The number of imide groups is 2. The number of likely N-dealkylation sites (tertiary alicyclic amines) is 2. The summed E-state index contributed by atoms with van der Waals surface area (Å²) in [7, 11) is 0. The maximum atomic E-state index is 12.6. The zero-order chi connectivity index (χ0) is 17.7. The standard InChI is InChI=1S/C18H16N2O6/c21-15-11-7-1-2-8(25-7)12(11)16(22)19(15)5-6-20-17(23)13-9-3-4-10(26-9)14(13)18(20)24/h1-4,7-14H,5-6H2/t7?,8?,9?,10?,11-,12+,13-,14+. The SMILES string of the molecule is O=C1[C@@H]2C3C=CC(O3)[C@@H]2C(=O)N1CCN1C(=O)[C@@H]2C3C=CC(O3)[C@@H]2C1=O. The maximum absolute atomic E-state index is 12.6. The molecule has 6 aliphatic rings. The highest BCUT2D eigenvalue weighted by Crippen LogP contribution is 2.46. The summed E-state index contributed by atoms with van der Waals surface area (Å²) in [6.45, 7) is 0.0926. The van der Waals surface area contributed by atoms with Crippen molar-refractivity contribution in [2.75, 3.05) is 13.1 Å². The third-order valence-corrected chi connectivity index (χ3v) is 6.55. The minimum atomic E-state index is -0.463. The summed E-state index contributed by atoms with van der Waals surface area (Å²) in [6, 6.07) is 0. The molecule has 8 heteroatoms. The lowest BCUT2D eigenvalue weighted by Crippen LogP contribution is -2.43. The highest BCUT2D eigenvalue weighted by Gasteiger charge is 2.62. The Hall–Kier alpha value is -2.32. The van der Waals surface area contributed by atoms with Gasteiger partial charge in [0.15, 0.2) is 0 Å². The lowest BCUT2D eigenvalue weighted by molar-refractivity contribution is -0.147. The van der Waals surface area contributed by atoms with Crippen molar-refractivity contribution in [1.29, 1.82) is 0 Å². The van der Waals surface area contributed by atoms with Crippen molar-refractivity contribution in [3.8, 4) is 0 Å². The van der Waals surface area contributed by atoms with Gasteiger partial charge in [0.25, 0.3) is 0 Å². The van der Waals surface area contributed by atoms with E-state index in [9.17, 15) is 19.2 Å². The predicted molar refractivity (Wildman–Crippen MR) is 83.0 cm³/mol. The number of carbonyl (C=O) groups is 4. The molecule has 6 heterocycles. The van der Waals surface area contributed by atoms with Gasteiger partial charge >= 0.3 is 0 Å². The summed E-state index contributed by atoms with van der Waals surface area (Å²) in [6.07, 6.45) is 5.99. The zero-order valence-corrected chi connectivity index (χ0v) is 13.7. The van der Waals surface area contributed by atoms with Gasteiger partial charge in [-0.25, -0.2) is 0 Å². The van der Waals surface area contributed by atoms with Crippen LogP contribution >= 0.6 is 0 Å². The molecule has 4 unspecified atom stereocenters. The highest BCUT2D eigenvalue weighted by atomic mass is 16.5. The van der Waals surface area contributed by atoms with Crippen LogP contribution in [0, 0.1) is 23.7 Å². The summed E-state index contributed by atoms with van der Waals surface area (Å²) in [5.74, 6) is -2.90. The minimum Gasteiger partial charge on any atom is -0.365 e. The predicted octanol–water partition coefficient (Wildman–Crippen LogP) is -1.14. The van der Waals surface area contributed by atoms with Crippen LogP contribution in [0.3, 0.4) is 0 Å². The fourth-order valence-corrected chi connectivity index (χ4v) is 5.37. The third-order valence-electron chi connectivity index (χ3n) is 6.55. The van der Waals surface area contributed by atoms with Gasteiger partial charge in [0.1, 0.15) is 0 Å². The van der Waals surface area contributed by atoms with E-state index < -0.39 is 23.7 Å². The van der Waals surface area contributed by atoms with E-state index in [1.165, 1.54) is 9.80 Å². The van der Waals surface area contributed by atoms with Gasteiger partial charge in [0, 0.05) is 13.1 Å². The molecular weight excluding hydrogens is 340 g/mol. The molecule has 4 bridgehead atoms. The molecule has 0 aromatic rings. The Morgan fingerprint density at radius 3 is 1.12 bits per heavy atom. The molecule has 0 N–H and O–H groups in total. The second-order valence-electron chi connectivity index (χ2n) is 7.66. The van der Waals surface area contributed by atoms with Crippen LogP contribution in [-0.2, 0) is 28.7 Å². The number of carbonyl (C=O) groups excluding carboxylic acids is 4. The van der Waals surface area contributed by atoms with Gasteiger partial charge in [-0.1, -0.05) is 24.3 Å². The van der Waals surface area contributed by atoms with Gasteiger partial charge in [-0.3, -0.25) is 29.0 Å². The molecule has 0 aromatic heterocycles. The number of ether oxygens (including phenoxy) is 2. The smallest absolute Gasteiger partial charge is 0.236 e. The number of hydrogen-bond donors (Lipinski definition) is 0. The van der Waals surface area contributed by atoms with Crippen molar-refractivity contribution in [3.05, 3.63) is 24.3 Å². The van der Waals surface area contributed by atoms with Crippen LogP contribution in [0.25, 0.3) is 0 Å². The van der Waals surface area contributed by atoms with Crippen molar-refractivity contribution in [2.24, 2.45) is 23.7 Å². The quantitative estimate of drug-likeness (QED) is 0.469. The van der Waals surface area contributed by atoms with Gasteiger partial charge in [0.05, 0.1) is 48.1 Å². The minimum absolute atomic E-state index is 0.0463. The molecule has 0 aliphatic carbocycles. The third kappa shape index (κ3) is 1.58. The summed E-state index contributed by atoms with van der Waals surface area (Å²) in [5, 5.41) is 0. The van der Waals surface area contributed by atoms with Gasteiger partial charge in [-0.2, -0.15) is 0 Å². The van der Waals surface area contributed by atoms with E-state index in [2.05, 4.69) is 0 Å². The molecule has 26 heavy (non-hydrogen) atoms. The maximum Gasteiger partial charge on any atom is 0.236 e. The monoisotopic (exact) mass is 356 g/mol. The first kappa shape index (κ1) is 14.8. The first-order valence-corrected chi connectivity index (χ1v) is 8.94. The van der Waals surface area contributed by atoms with Crippen LogP contribution in [0.2, 0.25) is 0 Å². The molecule has 4 fully saturated rings. The zero-order valence-electron chi connectivity index (χ0n) is 13.7. The number of hydrogen-bond acceptors (Lipinski definition) is 6. The normalized spacial score (nSPS) is 47.1. The molecule has 4 saturated heterocycles. The van der Waals surface area contributed by atoms with Crippen molar-refractivity contribution in [1.82, 2.24) is 9.80 Å². The largest absolute Gasteiger partial charge is 0.365 e. The Labute approximate surface area is 148 Å². The lowest BCUT2D eigenvalue weighted by Gasteiger charge is -2.22. The average Bonchev–Trinajstić information content (AvgIpc) is 3.43. The first-order valence-electron chi connectivity index (χ1n) is 8.94. The van der Waals surface area contributed by atoms with Crippen LogP contribution < -0.4 is 0 Å². The Morgan fingerprint density at radius 2 is 0.846 bits per heavy atom. The Kier molecular flexibility index (Phi) is 2.67. The average molecular weight is 356 g/mol. The van der Waals surface area contributed by atoms with E-state index >= 15 is 0 Å². The number of fused-ring (bicyclic) bond motifs is 10. The van der Waals surface area contributed by atoms with E-state index in [1.807, 2.05) is 24.3 Å². The molecule has 134 valence electrons. The summed E-state index contributed by atoms with van der Waals surface area (Å²) in [4.78, 5) is 52.9. The van der Waals surface area contributed by atoms with Gasteiger partial charge < -0.3 is 9.47 Å². The number of amides is 4. The van der Waals surface area contributed by atoms with Crippen LogP contribution in [0.4, 0.5) is 0 Å². The number of nitrogens with zero attached hydrogens (tertiary/aromatic N) is 2. The summed E-state index contributed by atoms with van der Waals surface area (Å²) in [5.41, 5.74) is 0. The van der Waals surface area contributed by atoms with Gasteiger partial charge in [-0.15, -0.1) is 0 Å². The Morgan fingerprint density at radius 1 is 0.577 bits per heavy atom. The van der Waals surface area contributed by atoms with Crippen LogP contribution in [0.1, 0.15) is 0 Å². The van der Waals surface area contributed by atoms with Crippen molar-refractivity contribution >= 4 is 23.6 Å². The Balaban J connectivity index is 1.19. The van der Waals surface area contributed by atoms with Crippen molar-refractivity contribution < 1.29 is 28.7 Å². The van der Waals surface area contributed by atoms with E-state index in [0.29, 0.717) is 0 Å². The van der Waals surface area contributed by atoms with E-state index in [4.69, 9.17) is 9.47 Å². The van der Waals surface area contributed by atoms with E-state index in [1.54, 1.807) is 0 Å². The van der Waals surface area contributed by atoms with Crippen molar-refractivity contribution in [3.63, 3.8) is 0 Å². The molecule has 6 aliphatic heterocycles. The van der Waals surface area contributed by atoms with Gasteiger partial charge in [0.2, 0.25) is 23.6 Å². The Bertz CT molecular complexity index is 706. The second-order valence-corrected chi connectivity index (χ2v) is 7.66. The first-order chi connectivity index (χ1) is 12.6. The molecule has 0 spiro atoms. The second kappa shape index (κ2) is 4.69. The molecular formula is C18H16N2O6. The summed E-state index contributed by atoms with van der Waals surface area (Å²) >= 11 is 0. The highest BCUT2D eigenvalue weighted by molar-refractivity contribution is 6.08. The van der Waals surface area contributed by atoms with E-state index in [0.717, 1.165) is 0 Å². The fraction of sp³-hybridized carbons (Fsp3) is 0.556. The fourth-order valence-electron chi connectivity index (χ4n) is 5.37. The number of rotatable bonds is 3. The van der Waals surface area contributed by atoms with Crippen LogP contribution in [0.15, 0.2) is 24.3 Å². The molecule has 8 nitrogen and oxygen atoms in total. The molecule has 8 atom stereocenters. The molecule has 4 amide bonds. The molecule has 0 aromatic carbocycles.